The van der Waals surface area contributed by atoms with Crippen molar-refractivity contribution in [2.75, 3.05) is 43.4 Å². The van der Waals surface area contributed by atoms with Crippen molar-refractivity contribution in [1.29, 1.82) is 0 Å². The lowest BCUT2D eigenvalue weighted by molar-refractivity contribution is 0.259. The molecule has 152 valence electrons. The maximum Gasteiger partial charge on any atom is 0.191 e. The van der Waals surface area contributed by atoms with Gasteiger partial charge in [0.1, 0.15) is 0 Å². The number of thioether (sulfide) groups is 1. The second-order valence-electron chi connectivity index (χ2n) is 7.24. The summed E-state index contributed by atoms with van der Waals surface area (Å²) in [5.41, 5.74) is 2.33. The third-order valence-corrected chi connectivity index (χ3v) is 6.60. The van der Waals surface area contributed by atoms with Crippen LogP contribution >= 0.6 is 23.4 Å². The molecule has 2 heterocycles. The number of aromatic nitrogens is 3. The molecule has 3 aromatic rings. The van der Waals surface area contributed by atoms with Crippen LogP contribution in [0.2, 0.25) is 5.02 Å². The number of rotatable bonds is 7. The average Bonchev–Trinajstić information content (AvgIpc) is 3.12. The summed E-state index contributed by atoms with van der Waals surface area (Å²) in [5.74, 6) is 1.97. The summed E-state index contributed by atoms with van der Waals surface area (Å²) in [6, 6.07) is 18.4. The van der Waals surface area contributed by atoms with E-state index in [0.29, 0.717) is 0 Å². The summed E-state index contributed by atoms with van der Waals surface area (Å²) in [6.45, 7) is 5.42. The van der Waals surface area contributed by atoms with Gasteiger partial charge in [-0.3, -0.25) is 4.90 Å². The normalized spacial score (nSPS) is 15.0. The Bertz CT molecular complexity index is 922. The van der Waals surface area contributed by atoms with E-state index in [1.807, 2.05) is 37.4 Å². The van der Waals surface area contributed by atoms with Gasteiger partial charge in [-0.05, 0) is 31.2 Å². The zero-order valence-corrected chi connectivity index (χ0v) is 18.2. The van der Waals surface area contributed by atoms with Gasteiger partial charge in [-0.2, -0.15) is 0 Å². The van der Waals surface area contributed by atoms with E-state index in [1.54, 1.807) is 11.8 Å². The topological polar surface area (TPSA) is 37.2 Å². The molecule has 4 rings (SSSR count). The second-order valence-corrected chi connectivity index (χ2v) is 8.74. The number of hydrogen-bond acceptors (Lipinski definition) is 5. The van der Waals surface area contributed by atoms with Crippen LogP contribution in [0.1, 0.15) is 6.42 Å². The van der Waals surface area contributed by atoms with Gasteiger partial charge < -0.3 is 9.47 Å². The molecule has 1 aliphatic heterocycles. The molecule has 1 saturated heterocycles. The first-order chi connectivity index (χ1) is 14.2. The largest absolute Gasteiger partial charge is 0.369 e. The van der Waals surface area contributed by atoms with Crippen molar-refractivity contribution in [3.63, 3.8) is 0 Å². The molecular weight excluding hydrogens is 402 g/mol. The van der Waals surface area contributed by atoms with Crippen LogP contribution in [0.15, 0.2) is 59.8 Å². The first-order valence-electron chi connectivity index (χ1n) is 10.0. The Balaban J connectivity index is 1.21. The maximum atomic E-state index is 6.12. The predicted octanol–water partition coefficient (Wildman–Crippen LogP) is 4.44. The van der Waals surface area contributed by atoms with Gasteiger partial charge in [-0.1, -0.05) is 59.8 Å². The van der Waals surface area contributed by atoms with Crippen LogP contribution < -0.4 is 4.90 Å². The van der Waals surface area contributed by atoms with E-state index in [1.165, 1.54) is 5.69 Å². The SMILES string of the molecule is Cn1c(SCCCN2CCN(c3cccc(Cl)c3)CC2)nnc1-c1ccccc1. The summed E-state index contributed by atoms with van der Waals surface area (Å²) in [7, 11) is 2.04. The summed E-state index contributed by atoms with van der Waals surface area (Å²) in [4.78, 5) is 4.97. The Kier molecular flexibility index (Phi) is 6.74. The van der Waals surface area contributed by atoms with Gasteiger partial charge in [0.25, 0.3) is 0 Å². The highest BCUT2D eigenvalue weighted by atomic mass is 35.5. The molecule has 0 amide bonds. The van der Waals surface area contributed by atoms with Gasteiger partial charge >= 0.3 is 0 Å². The van der Waals surface area contributed by atoms with Crippen molar-refractivity contribution in [1.82, 2.24) is 19.7 Å². The minimum absolute atomic E-state index is 0.807. The fourth-order valence-corrected chi connectivity index (χ4v) is 4.65. The molecule has 1 fully saturated rings. The van der Waals surface area contributed by atoms with Gasteiger partial charge in [0, 0.05) is 55.3 Å². The van der Waals surface area contributed by atoms with Gasteiger partial charge in [0.2, 0.25) is 0 Å². The number of benzene rings is 2. The molecule has 0 unspecified atom stereocenters. The van der Waals surface area contributed by atoms with E-state index in [4.69, 9.17) is 11.6 Å². The maximum absolute atomic E-state index is 6.12. The Morgan fingerprint density at radius 2 is 1.76 bits per heavy atom. The number of anilines is 1. The number of nitrogens with zero attached hydrogens (tertiary/aromatic N) is 5. The fourth-order valence-electron chi connectivity index (χ4n) is 3.63. The van der Waals surface area contributed by atoms with E-state index >= 15 is 0 Å². The molecule has 0 spiro atoms. The monoisotopic (exact) mass is 427 g/mol. The van der Waals surface area contributed by atoms with Crippen LogP contribution in [0.4, 0.5) is 5.69 Å². The van der Waals surface area contributed by atoms with Crippen molar-refractivity contribution >= 4 is 29.1 Å². The number of halogens is 1. The van der Waals surface area contributed by atoms with Crippen LogP contribution in [-0.2, 0) is 7.05 Å². The third kappa shape index (κ3) is 5.13. The van der Waals surface area contributed by atoms with Crippen LogP contribution in [0.5, 0.6) is 0 Å². The summed E-state index contributed by atoms with van der Waals surface area (Å²) in [6.07, 6.45) is 1.15. The fraction of sp³-hybridized carbons (Fsp3) is 0.364. The lowest BCUT2D eigenvalue weighted by Gasteiger charge is -2.36. The van der Waals surface area contributed by atoms with Crippen LogP contribution in [0.3, 0.4) is 0 Å². The van der Waals surface area contributed by atoms with Crippen molar-refractivity contribution in [2.45, 2.75) is 11.6 Å². The summed E-state index contributed by atoms with van der Waals surface area (Å²) in [5, 5.41) is 10.5. The minimum atomic E-state index is 0.807. The van der Waals surface area contributed by atoms with E-state index in [0.717, 1.165) is 66.5 Å². The molecule has 7 heteroatoms. The standard InChI is InChI=1S/C22H26ClN5S/c1-26-21(18-7-3-2-4-8-18)24-25-22(26)29-16-6-11-27-12-14-28(15-13-27)20-10-5-9-19(23)17-20/h2-5,7-10,17H,6,11-16H2,1H3. The highest BCUT2D eigenvalue weighted by Crippen LogP contribution is 2.23. The highest BCUT2D eigenvalue weighted by Gasteiger charge is 2.17. The Morgan fingerprint density at radius 1 is 0.966 bits per heavy atom. The zero-order valence-electron chi connectivity index (χ0n) is 16.7. The first-order valence-corrected chi connectivity index (χ1v) is 11.4. The molecule has 0 aliphatic carbocycles. The number of piperazine rings is 1. The van der Waals surface area contributed by atoms with E-state index in [-0.39, 0.29) is 0 Å². The highest BCUT2D eigenvalue weighted by molar-refractivity contribution is 7.99. The zero-order chi connectivity index (χ0) is 20.1. The van der Waals surface area contributed by atoms with Crippen molar-refractivity contribution in [3.05, 3.63) is 59.6 Å². The molecule has 0 N–H and O–H groups in total. The van der Waals surface area contributed by atoms with E-state index in [9.17, 15) is 0 Å². The number of hydrogen-bond donors (Lipinski definition) is 0. The van der Waals surface area contributed by atoms with Crippen molar-refractivity contribution in [2.24, 2.45) is 7.05 Å². The molecule has 2 aromatic carbocycles. The molecule has 0 radical (unpaired) electrons. The van der Waals surface area contributed by atoms with Crippen molar-refractivity contribution in [3.8, 4) is 11.4 Å². The van der Waals surface area contributed by atoms with Gasteiger partial charge in [-0.25, -0.2) is 0 Å². The Labute approximate surface area is 181 Å². The Morgan fingerprint density at radius 3 is 2.52 bits per heavy atom. The molecule has 1 aromatic heterocycles. The second kappa shape index (κ2) is 9.65. The van der Waals surface area contributed by atoms with Crippen molar-refractivity contribution < 1.29 is 0 Å². The molecule has 1 aliphatic rings. The van der Waals surface area contributed by atoms with Gasteiger partial charge in [0.05, 0.1) is 0 Å². The molecular formula is C22H26ClN5S. The molecule has 29 heavy (non-hydrogen) atoms. The summed E-state index contributed by atoms with van der Waals surface area (Å²) >= 11 is 7.91. The average molecular weight is 428 g/mol. The first kappa shape index (κ1) is 20.3. The van der Waals surface area contributed by atoms with Crippen LogP contribution in [0, 0.1) is 0 Å². The van der Waals surface area contributed by atoms with E-state index in [2.05, 4.69) is 48.8 Å². The smallest absolute Gasteiger partial charge is 0.191 e. The minimum Gasteiger partial charge on any atom is -0.369 e. The van der Waals surface area contributed by atoms with Crippen LogP contribution in [-0.4, -0.2) is 58.1 Å². The lowest BCUT2D eigenvalue weighted by Crippen LogP contribution is -2.46. The predicted molar refractivity (Wildman–Crippen MR) is 122 cm³/mol. The van der Waals surface area contributed by atoms with Gasteiger partial charge in [0.15, 0.2) is 11.0 Å². The quantitative estimate of drug-likeness (QED) is 0.411. The van der Waals surface area contributed by atoms with Gasteiger partial charge in [-0.15, -0.1) is 10.2 Å². The summed E-state index contributed by atoms with van der Waals surface area (Å²) < 4.78 is 2.09. The molecule has 0 bridgehead atoms. The Hall–Kier alpha value is -2.02. The van der Waals surface area contributed by atoms with Crippen LogP contribution in [0.25, 0.3) is 11.4 Å². The lowest BCUT2D eigenvalue weighted by atomic mass is 10.2. The third-order valence-electron chi connectivity index (χ3n) is 5.26. The van der Waals surface area contributed by atoms with E-state index < -0.39 is 0 Å². The molecule has 0 saturated carbocycles. The molecule has 0 atom stereocenters. The molecule has 5 nitrogen and oxygen atoms in total.